The van der Waals surface area contributed by atoms with Crippen LogP contribution in [-0.4, -0.2) is 47.8 Å². The Labute approximate surface area is 143 Å². The SMILES string of the molecule is CCOC(=O)c1cccc(N2C(=O)[C@@H]3[C@@H]4C=C[C@@](CO)(O4)[C@@H]3C2=O)c1. The maximum Gasteiger partial charge on any atom is 0.338 e. The van der Waals surface area contributed by atoms with Gasteiger partial charge in [-0.05, 0) is 25.1 Å². The molecule has 7 heteroatoms. The minimum atomic E-state index is -1.13. The van der Waals surface area contributed by atoms with E-state index >= 15 is 0 Å². The number of benzene rings is 1. The third kappa shape index (κ3) is 2.09. The van der Waals surface area contributed by atoms with Gasteiger partial charge in [0.05, 0.1) is 42.4 Å². The van der Waals surface area contributed by atoms with Gasteiger partial charge >= 0.3 is 5.97 Å². The van der Waals surface area contributed by atoms with E-state index in [1.54, 1.807) is 37.3 Å². The number of anilines is 1. The van der Waals surface area contributed by atoms with Crippen LogP contribution >= 0.6 is 0 Å². The van der Waals surface area contributed by atoms with Crippen LogP contribution in [-0.2, 0) is 19.1 Å². The largest absolute Gasteiger partial charge is 0.462 e. The molecule has 4 rings (SSSR count). The number of nitrogens with zero attached hydrogens (tertiary/aromatic N) is 1. The average Bonchev–Trinajstić information content (AvgIpc) is 3.26. The van der Waals surface area contributed by atoms with Gasteiger partial charge in [0.15, 0.2) is 0 Å². The van der Waals surface area contributed by atoms with Gasteiger partial charge in [0, 0.05) is 0 Å². The standard InChI is InChI=1S/C18H17NO6/c1-2-24-17(23)10-4-3-5-11(8-10)19-15(21)13-12-6-7-18(9-20,25-12)14(13)16(19)22/h3-8,12-14,20H,2,9H2,1H3/t12-,13+,14-,18-/m0/s1. The highest BCUT2D eigenvalue weighted by Crippen LogP contribution is 2.52. The van der Waals surface area contributed by atoms with Gasteiger partial charge in [-0.15, -0.1) is 0 Å². The van der Waals surface area contributed by atoms with Crippen LogP contribution in [0.15, 0.2) is 36.4 Å². The highest BCUT2D eigenvalue weighted by molar-refractivity contribution is 6.23. The lowest BCUT2D eigenvalue weighted by molar-refractivity contribution is -0.128. The summed E-state index contributed by atoms with van der Waals surface area (Å²) in [5, 5.41) is 9.71. The summed E-state index contributed by atoms with van der Waals surface area (Å²) in [6, 6.07) is 6.23. The van der Waals surface area contributed by atoms with E-state index in [0.29, 0.717) is 5.69 Å². The van der Waals surface area contributed by atoms with E-state index in [1.807, 2.05) is 0 Å². The van der Waals surface area contributed by atoms with Crippen molar-refractivity contribution in [1.82, 2.24) is 0 Å². The molecule has 0 radical (unpaired) electrons. The summed E-state index contributed by atoms with van der Waals surface area (Å²) in [6.45, 7) is 1.57. The number of ether oxygens (including phenoxy) is 2. The summed E-state index contributed by atoms with van der Waals surface area (Å²) < 4.78 is 10.7. The Kier molecular flexibility index (Phi) is 3.52. The van der Waals surface area contributed by atoms with Crippen molar-refractivity contribution in [3.63, 3.8) is 0 Å². The number of carbonyl (C=O) groups is 3. The predicted octanol–water partition coefficient (Wildman–Crippen LogP) is 0.669. The van der Waals surface area contributed by atoms with Crippen molar-refractivity contribution in [3.05, 3.63) is 42.0 Å². The number of hydrogen-bond donors (Lipinski definition) is 1. The van der Waals surface area contributed by atoms with Crippen LogP contribution in [0.3, 0.4) is 0 Å². The van der Waals surface area contributed by atoms with E-state index in [2.05, 4.69) is 0 Å². The third-order valence-electron chi connectivity index (χ3n) is 5.02. The first-order valence-electron chi connectivity index (χ1n) is 8.15. The first-order chi connectivity index (χ1) is 12.0. The van der Waals surface area contributed by atoms with E-state index in [-0.39, 0.29) is 24.7 Å². The predicted molar refractivity (Wildman–Crippen MR) is 85.7 cm³/mol. The number of carbonyl (C=O) groups excluding carboxylic acids is 3. The summed E-state index contributed by atoms with van der Waals surface area (Å²) >= 11 is 0. The monoisotopic (exact) mass is 343 g/mol. The molecule has 0 aromatic heterocycles. The first kappa shape index (κ1) is 16.0. The van der Waals surface area contributed by atoms with Gasteiger partial charge in [0.2, 0.25) is 11.8 Å². The van der Waals surface area contributed by atoms with Crippen LogP contribution in [0.1, 0.15) is 17.3 Å². The molecule has 2 fully saturated rings. The highest BCUT2D eigenvalue weighted by atomic mass is 16.5. The lowest BCUT2D eigenvalue weighted by Gasteiger charge is -2.26. The van der Waals surface area contributed by atoms with Crippen LogP contribution in [0.2, 0.25) is 0 Å². The Morgan fingerprint density at radius 1 is 1.36 bits per heavy atom. The molecule has 0 spiro atoms. The Balaban J connectivity index is 1.70. The van der Waals surface area contributed by atoms with E-state index in [4.69, 9.17) is 9.47 Å². The van der Waals surface area contributed by atoms with Gasteiger partial charge in [0.25, 0.3) is 0 Å². The van der Waals surface area contributed by atoms with E-state index in [0.717, 1.165) is 4.90 Å². The second-order valence-corrected chi connectivity index (χ2v) is 6.34. The summed E-state index contributed by atoms with van der Waals surface area (Å²) in [5.74, 6) is -2.69. The molecule has 4 atom stereocenters. The van der Waals surface area contributed by atoms with Crippen molar-refractivity contribution in [3.8, 4) is 0 Å². The van der Waals surface area contributed by atoms with Crippen LogP contribution in [0.4, 0.5) is 5.69 Å². The zero-order valence-electron chi connectivity index (χ0n) is 13.5. The van der Waals surface area contributed by atoms with Crippen molar-refractivity contribution in [2.75, 3.05) is 18.1 Å². The van der Waals surface area contributed by atoms with Crippen molar-refractivity contribution in [2.45, 2.75) is 18.6 Å². The zero-order valence-corrected chi connectivity index (χ0v) is 13.5. The number of rotatable bonds is 4. The molecule has 3 aliphatic rings. The molecule has 0 aliphatic carbocycles. The second-order valence-electron chi connectivity index (χ2n) is 6.34. The summed E-state index contributed by atoms with van der Waals surface area (Å²) in [4.78, 5) is 38.8. The number of amides is 2. The van der Waals surface area contributed by atoms with Gasteiger partial charge in [-0.2, -0.15) is 0 Å². The van der Waals surface area contributed by atoms with Gasteiger partial charge in [-0.3, -0.25) is 9.59 Å². The molecule has 3 heterocycles. The summed E-state index contributed by atoms with van der Waals surface area (Å²) in [5.41, 5.74) is -0.538. The fraction of sp³-hybridized carbons (Fsp3) is 0.389. The molecule has 2 saturated heterocycles. The van der Waals surface area contributed by atoms with E-state index < -0.39 is 35.4 Å². The normalized spacial score (nSPS) is 32.4. The fourth-order valence-corrected chi connectivity index (χ4v) is 3.92. The topological polar surface area (TPSA) is 93.1 Å². The highest BCUT2D eigenvalue weighted by Gasteiger charge is 2.67. The molecule has 2 amide bonds. The quantitative estimate of drug-likeness (QED) is 0.491. The molecular weight excluding hydrogens is 326 g/mol. The molecule has 3 aliphatic heterocycles. The van der Waals surface area contributed by atoms with Gasteiger partial charge in [-0.1, -0.05) is 18.2 Å². The molecule has 7 nitrogen and oxygen atoms in total. The van der Waals surface area contributed by atoms with Crippen LogP contribution in [0.5, 0.6) is 0 Å². The van der Waals surface area contributed by atoms with Crippen molar-refractivity contribution in [1.29, 1.82) is 0 Å². The lowest BCUT2D eigenvalue weighted by atomic mass is 9.77. The number of aliphatic hydroxyl groups is 1. The number of imide groups is 1. The first-order valence-corrected chi connectivity index (χ1v) is 8.15. The second kappa shape index (κ2) is 5.50. The minimum absolute atomic E-state index is 0.235. The molecule has 130 valence electrons. The maximum absolute atomic E-state index is 12.9. The number of hydrogen-bond acceptors (Lipinski definition) is 6. The number of fused-ring (bicyclic) bond motifs is 5. The van der Waals surface area contributed by atoms with Crippen molar-refractivity contribution >= 4 is 23.5 Å². The molecule has 0 unspecified atom stereocenters. The smallest absolute Gasteiger partial charge is 0.338 e. The third-order valence-corrected chi connectivity index (χ3v) is 5.02. The summed E-state index contributed by atoms with van der Waals surface area (Å²) in [6.07, 6.45) is 2.88. The maximum atomic E-state index is 12.9. The fourth-order valence-electron chi connectivity index (χ4n) is 3.92. The number of aliphatic hydroxyl groups excluding tert-OH is 1. The Morgan fingerprint density at radius 3 is 2.88 bits per heavy atom. The van der Waals surface area contributed by atoms with Crippen LogP contribution in [0.25, 0.3) is 0 Å². The van der Waals surface area contributed by atoms with Gasteiger partial charge in [-0.25, -0.2) is 9.69 Å². The van der Waals surface area contributed by atoms with Gasteiger partial charge < -0.3 is 14.6 Å². The Bertz CT molecular complexity index is 803. The lowest BCUT2D eigenvalue weighted by Crippen LogP contribution is -2.43. The van der Waals surface area contributed by atoms with Crippen molar-refractivity contribution in [2.24, 2.45) is 11.8 Å². The van der Waals surface area contributed by atoms with Crippen LogP contribution < -0.4 is 4.90 Å². The Hall–Kier alpha value is -2.51. The molecule has 1 N–H and O–H groups in total. The van der Waals surface area contributed by atoms with Crippen LogP contribution in [0, 0.1) is 11.8 Å². The summed E-state index contributed by atoms with van der Waals surface area (Å²) in [7, 11) is 0. The average molecular weight is 343 g/mol. The van der Waals surface area contributed by atoms with E-state index in [9.17, 15) is 19.5 Å². The molecule has 1 aromatic carbocycles. The van der Waals surface area contributed by atoms with E-state index in [1.165, 1.54) is 6.07 Å². The molecule has 1 aromatic rings. The zero-order chi connectivity index (χ0) is 17.8. The minimum Gasteiger partial charge on any atom is -0.462 e. The molecule has 2 bridgehead atoms. The number of esters is 1. The van der Waals surface area contributed by atoms with Crippen molar-refractivity contribution < 1.29 is 29.0 Å². The molecule has 0 saturated carbocycles. The van der Waals surface area contributed by atoms with Gasteiger partial charge in [0.1, 0.15) is 5.60 Å². The Morgan fingerprint density at radius 2 is 2.16 bits per heavy atom. The molecule has 25 heavy (non-hydrogen) atoms. The molecular formula is C18H17NO6.